The first kappa shape index (κ1) is 15.9. The van der Waals surface area contributed by atoms with Gasteiger partial charge in [0, 0.05) is 13.1 Å². The third-order valence-electron chi connectivity index (χ3n) is 4.10. The molecule has 0 N–H and O–H groups in total. The molecule has 1 aliphatic heterocycles. The fourth-order valence-electron chi connectivity index (χ4n) is 2.95. The van der Waals surface area contributed by atoms with Crippen LogP contribution < -0.4 is 4.74 Å². The van der Waals surface area contributed by atoms with Crippen LogP contribution in [0.15, 0.2) is 28.8 Å². The SMILES string of the molecule is Cc1noc([C@@H]2CCCN(CCCOc3ccc(F)cc3)C2)n1. The summed E-state index contributed by atoms with van der Waals surface area (Å²) in [7, 11) is 0. The number of hydrogen-bond acceptors (Lipinski definition) is 5. The van der Waals surface area contributed by atoms with Crippen molar-refractivity contribution in [1.82, 2.24) is 15.0 Å². The summed E-state index contributed by atoms with van der Waals surface area (Å²) in [6.45, 7) is 5.51. The molecule has 1 saturated heterocycles. The average Bonchev–Trinajstić information content (AvgIpc) is 3.00. The maximum absolute atomic E-state index is 12.8. The molecule has 2 heterocycles. The lowest BCUT2D eigenvalue weighted by Crippen LogP contribution is -2.35. The van der Waals surface area contributed by atoms with Crippen LogP contribution in [0.2, 0.25) is 0 Å². The van der Waals surface area contributed by atoms with Crippen LogP contribution in [0, 0.1) is 12.7 Å². The highest BCUT2D eigenvalue weighted by molar-refractivity contribution is 5.21. The Hall–Kier alpha value is -1.95. The summed E-state index contributed by atoms with van der Waals surface area (Å²) in [6.07, 6.45) is 3.18. The molecular formula is C17H22FN3O2. The summed E-state index contributed by atoms with van der Waals surface area (Å²) in [6, 6.07) is 6.14. The van der Waals surface area contributed by atoms with Gasteiger partial charge in [0.15, 0.2) is 5.82 Å². The lowest BCUT2D eigenvalue weighted by Gasteiger charge is -2.30. The van der Waals surface area contributed by atoms with Crippen molar-refractivity contribution in [3.8, 4) is 5.75 Å². The van der Waals surface area contributed by atoms with Gasteiger partial charge in [-0.15, -0.1) is 0 Å². The molecule has 0 saturated carbocycles. The molecule has 1 atom stereocenters. The smallest absolute Gasteiger partial charge is 0.231 e. The molecule has 23 heavy (non-hydrogen) atoms. The summed E-state index contributed by atoms with van der Waals surface area (Å²) in [5, 5.41) is 3.88. The molecule has 0 amide bonds. The number of rotatable bonds is 6. The quantitative estimate of drug-likeness (QED) is 0.766. The standard InChI is InChI=1S/C17H22FN3O2/c1-13-19-17(23-20-13)14-4-2-9-21(12-14)10-3-11-22-16-7-5-15(18)6-8-16/h5-8,14H,2-4,9-12H2,1H3/t14-/m1/s1. The average molecular weight is 319 g/mol. The first-order chi connectivity index (χ1) is 11.2. The molecule has 5 nitrogen and oxygen atoms in total. The number of nitrogens with zero attached hydrogens (tertiary/aromatic N) is 3. The van der Waals surface area contributed by atoms with E-state index in [4.69, 9.17) is 9.26 Å². The van der Waals surface area contributed by atoms with Gasteiger partial charge < -0.3 is 14.2 Å². The van der Waals surface area contributed by atoms with E-state index < -0.39 is 0 Å². The minimum absolute atomic E-state index is 0.243. The monoisotopic (exact) mass is 319 g/mol. The van der Waals surface area contributed by atoms with Gasteiger partial charge in [-0.2, -0.15) is 4.98 Å². The predicted octanol–water partition coefficient (Wildman–Crippen LogP) is 3.17. The van der Waals surface area contributed by atoms with Crippen LogP contribution in [-0.4, -0.2) is 41.3 Å². The summed E-state index contributed by atoms with van der Waals surface area (Å²) < 4.78 is 23.8. The van der Waals surface area contributed by atoms with Gasteiger partial charge in [-0.1, -0.05) is 5.16 Å². The third kappa shape index (κ3) is 4.51. The molecule has 6 heteroatoms. The summed E-state index contributed by atoms with van der Waals surface area (Å²) in [5.41, 5.74) is 0. The maximum Gasteiger partial charge on any atom is 0.231 e. The van der Waals surface area contributed by atoms with E-state index >= 15 is 0 Å². The Kier molecular flexibility index (Phi) is 5.23. The second-order valence-electron chi connectivity index (χ2n) is 5.98. The molecule has 0 spiro atoms. The van der Waals surface area contributed by atoms with Crippen molar-refractivity contribution in [1.29, 1.82) is 0 Å². The minimum atomic E-state index is -0.243. The van der Waals surface area contributed by atoms with Crippen molar-refractivity contribution in [2.75, 3.05) is 26.2 Å². The highest BCUT2D eigenvalue weighted by Gasteiger charge is 2.25. The van der Waals surface area contributed by atoms with Gasteiger partial charge in [0.25, 0.3) is 0 Å². The van der Waals surface area contributed by atoms with Crippen LogP contribution in [0.1, 0.15) is 36.9 Å². The molecule has 0 unspecified atom stereocenters. The molecule has 1 aromatic carbocycles. The Morgan fingerprint density at radius 1 is 1.35 bits per heavy atom. The summed E-state index contributed by atoms with van der Waals surface area (Å²) in [4.78, 5) is 6.77. The molecule has 124 valence electrons. The highest BCUT2D eigenvalue weighted by Crippen LogP contribution is 2.25. The first-order valence-corrected chi connectivity index (χ1v) is 8.11. The fraction of sp³-hybridized carbons (Fsp3) is 0.529. The Bertz CT molecular complexity index is 615. The topological polar surface area (TPSA) is 51.4 Å². The van der Waals surface area contributed by atoms with Gasteiger partial charge >= 0.3 is 0 Å². The molecule has 0 bridgehead atoms. The van der Waals surface area contributed by atoms with E-state index in [-0.39, 0.29) is 5.82 Å². The molecule has 3 rings (SSSR count). The predicted molar refractivity (Wildman–Crippen MR) is 84.0 cm³/mol. The number of benzene rings is 1. The van der Waals surface area contributed by atoms with Crippen LogP contribution in [-0.2, 0) is 0 Å². The van der Waals surface area contributed by atoms with Gasteiger partial charge in [0.2, 0.25) is 5.89 Å². The zero-order valence-electron chi connectivity index (χ0n) is 13.4. The summed E-state index contributed by atoms with van der Waals surface area (Å²) >= 11 is 0. The first-order valence-electron chi connectivity index (χ1n) is 8.11. The van der Waals surface area contributed by atoms with Crippen LogP contribution >= 0.6 is 0 Å². The Morgan fingerprint density at radius 3 is 2.91 bits per heavy atom. The number of aromatic nitrogens is 2. The van der Waals surface area contributed by atoms with Crippen LogP contribution in [0.4, 0.5) is 4.39 Å². The second kappa shape index (κ2) is 7.55. The van der Waals surface area contributed by atoms with E-state index in [1.165, 1.54) is 12.1 Å². The van der Waals surface area contributed by atoms with E-state index in [0.717, 1.165) is 44.8 Å². The highest BCUT2D eigenvalue weighted by atomic mass is 19.1. The fourth-order valence-corrected chi connectivity index (χ4v) is 2.95. The molecule has 0 aliphatic carbocycles. The summed E-state index contributed by atoms with van der Waals surface area (Å²) in [5.74, 6) is 2.26. The van der Waals surface area contributed by atoms with Gasteiger partial charge in [-0.3, -0.25) is 0 Å². The van der Waals surface area contributed by atoms with Crippen LogP contribution in [0.3, 0.4) is 0 Å². The molecule has 1 fully saturated rings. The van der Waals surface area contributed by atoms with Crippen molar-refractivity contribution in [2.24, 2.45) is 0 Å². The lowest BCUT2D eigenvalue weighted by atomic mass is 9.98. The van der Waals surface area contributed by atoms with E-state index in [9.17, 15) is 4.39 Å². The van der Waals surface area contributed by atoms with Crippen molar-refractivity contribution >= 4 is 0 Å². The maximum atomic E-state index is 12.8. The van der Waals surface area contributed by atoms with E-state index in [2.05, 4.69) is 15.0 Å². The van der Waals surface area contributed by atoms with E-state index in [1.54, 1.807) is 12.1 Å². The van der Waals surface area contributed by atoms with Crippen LogP contribution in [0.25, 0.3) is 0 Å². The van der Waals surface area contributed by atoms with Crippen molar-refractivity contribution in [3.05, 3.63) is 41.8 Å². The zero-order chi connectivity index (χ0) is 16.1. The zero-order valence-corrected chi connectivity index (χ0v) is 13.4. The number of likely N-dealkylation sites (tertiary alicyclic amines) is 1. The Morgan fingerprint density at radius 2 is 2.17 bits per heavy atom. The van der Waals surface area contributed by atoms with E-state index in [1.807, 2.05) is 6.92 Å². The molecule has 1 aliphatic rings. The van der Waals surface area contributed by atoms with Gasteiger partial charge in [0.1, 0.15) is 11.6 Å². The second-order valence-corrected chi connectivity index (χ2v) is 5.98. The molecule has 0 radical (unpaired) electrons. The Balaban J connectivity index is 1.40. The van der Waals surface area contributed by atoms with Gasteiger partial charge in [-0.25, -0.2) is 4.39 Å². The van der Waals surface area contributed by atoms with Gasteiger partial charge in [0.05, 0.1) is 12.5 Å². The molecule has 2 aromatic rings. The van der Waals surface area contributed by atoms with E-state index in [0.29, 0.717) is 24.1 Å². The third-order valence-corrected chi connectivity index (χ3v) is 4.10. The minimum Gasteiger partial charge on any atom is -0.494 e. The lowest BCUT2D eigenvalue weighted by molar-refractivity contribution is 0.173. The van der Waals surface area contributed by atoms with Crippen molar-refractivity contribution in [3.63, 3.8) is 0 Å². The van der Waals surface area contributed by atoms with Crippen molar-refractivity contribution in [2.45, 2.75) is 32.1 Å². The van der Waals surface area contributed by atoms with Gasteiger partial charge in [-0.05, 0) is 57.0 Å². The largest absolute Gasteiger partial charge is 0.494 e. The molecule has 1 aromatic heterocycles. The number of piperidine rings is 1. The normalized spacial score (nSPS) is 19.0. The van der Waals surface area contributed by atoms with Crippen molar-refractivity contribution < 1.29 is 13.7 Å². The number of aryl methyl sites for hydroxylation is 1. The number of ether oxygens (including phenoxy) is 1. The number of halogens is 1. The molecular weight excluding hydrogens is 297 g/mol. The Labute approximate surface area is 135 Å². The number of hydrogen-bond donors (Lipinski definition) is 0. The van der Waals surface area contributed by atoms with Crippen LogP contribution in [0.5, 0.6) is 5.75 Å².